The summed E-state index contributed by atoms with van der Waals surface area (Å²) in [5.74, 6) is -1.31. The van der Waals surface area contributed by atoms with Crippen molar-refractivity contribution in [3.8, 4) is 0 Å². The molecule has 0 amide bonds. The third-order valence-corrected chi connectivity index (χ3v) is 6.68. The van der Waals surface area contributed by atoms with E-state index in [0.717, 1.165) is 0 Å². The fourth-order valence-corrected chi connectivity index (χ4v) is 5.58. The second-order valence-electron chi connectivity index (χ2n) is 4.14. The molecule has 5 nitrogen and oxygen atoms in total. The van der Waals surface area contributed by atoms with Gasteiger partial charge in [-0.05, 0) is 20.3 Å². The summed E-state index contributed by atoms with van der Waals surface area (Å²) in [5.41, 5.74) is 0. The summed E-state index contributed by atoms with van der Waals surface area (Å²) in [5, 5.41) is 8.32. The van der Waals surface area contributed by atoms with Gasteiger partial charge in [-0.1, -0.05) is 0 Å². The smallest absolute Gasteiger partial charge is 0.321 e. The summed E-state index contributed by atoms with van der Waals surface area (Å²) < 4.78 is 32.8. The zero-order valence-electron chi connectivity index (χ0n) is 8.60. The monoisotopic (exact) mass is 254 g/mol. The van der Waals surface area contributed by atoms with Gasteiger partial charge in [0.2, 0.25) is 0 Å². The maximum absolute atomic E-state index is 11.9. The molecule has 15 heavy (non-hydrogen) atoms. The van der Waals surface area contributed by atoms with E-state index in [4.69, 9.17) is 5.11 Å². The summed E-state index contributed by atoms with van der Waals surface area (Å²) in [4.78, 5) is 10.8. The first-order valence-corrected chi connectivity index (χ1v) is 7.55. The molecular formula is C8H14O5S2. The molecule has 1 saturated heterocycles. The van der Waals surface area contributed by atoms with E-state index in [1.165, 1.54) is 13.8 Å². The van der Waals surface area contributed by atoms with Crippen molar-refractivity contribution < 1.29 is 22.5 Å². The van der Waals surface area contributed by atoms with Crippen molar-refractivity contribution in [2.24, 2.45) is 0 Å². The van der Waals surface area contributed by atoms with Crippen molar-refractivity contribution in [3.05, 3.63) is 0 Å². The highest BCUT2D eigenvalue weighted by atomic mass is 32.2. The Bertz CT molecular complexity index is 395. The Balaban J connectivity index is 2.84. The van der Waals surface area contributed by atoms with Crippen LogP contribution in [0.3, 0.4) is 0 Å². The van der Waals surface area contributed by atoms with E-state index >= 15 is 0 Å². The van der Waals surface area contributed by atoms with Crippen LogP contribution in [0.15, 0.2) is 0 Å². The molecule has 0 radical (unpaired) electrons. The molecule has 0 saturated carbocycles. The Kier molecular flexibility index (Phi) is 3.25. The zero-order chi connectivity index (χ0) is 11.9. The summed E-state index contributed by atoms with van der Waals surface area (Å²) in [6.45, 7) is 2.72. The highest BCUT2D eigenvalue weighted by Crippen LogP contribution is 2.25. The Morgan fingerprint density at radius 2 is 2.00 bits per heavy atom. The molecule has 88 valence electrons. The average molecular weight is 254 g/mol. The lowest BCUT2D eigenvalue weighted by Gasteiger charge is -2.21. The van der Waals surface area contributed by atoms with E-state index < -0.39 is 36.6 Å². The molecule has 0 aromatic rings. The Hall–Kier alpha value is -0.430. The van der Waals surface area contributed by atoms with Crippen LogP contribution in [0.5, 0.6) is 0 Å². The van der Waals surface area contributed by atoms with E-state index in [-0.39, 0.29) is 11.5 Å². The van der Waals surface area contributed by atoms with Gasteiger partial charge in [0.05, 0.1) is 16.8 Å². The number of carboxylic acid groups (broad SMARTS) is 1. The lowest BCUT2D eigenvalue weighted by molar-refractivity contribution is -0.139. The van der Waals surface area contributed by atoms with Crippen LogP contribution >= 0.6 is 0 Å². The Morgan fingerprint density at radius 3 is 2.33 bits per heavy atom. The second-order valence-corrected chi connectivity index (χ2v) is 8.65. The van der Waals surface area contributed by atoms with E-state index in [9.17, 15) is 17.4 Å². The summed E-state index contributed by atoms with van der Waals surface area (Å²) >= 11 is 0. The molecule has 1 rings (SSSR count). The fourth-order valence-electron chi connectivity index (χ4n) is 1.43. The molecule has 0 bridgehead atoms. The molecule has 1 aliphatic heterocycles. The van der Waals surface area contributed by atoms with Gasteiger partial charge in [-0.3, -0.25) is 9.00 Å². The minimum Gasteiger partial charge on any atom is -0.480 e. The number of hydrogen-bond acceptors (Lipinski definition) is 4. The van der Waals surface area contributed by atoms with Gasteiger partial charge in [-0.15, -0.1) is 0 Å². The number of aliphatic carboxylic acids is 1. The summed E-state index contributed by atoms with van der Waals surface area (Å²) in [7, 11) is -4.77. The predicted molar refractivity (Wildman–Crippen MR) is 56.9 cm³/mol. The normalized spacial score (nSPS) is 27.5. The van der Waals surface area contributed by atoms with Gasteiger partial charge >= 0.3 is 5.97 Å². The maximum atomic E-state index is 11.9. The molecule has 0 aromatic carbocycles. The lowest BCUT2D eigenvalue weighted by atomic mass is 10.2. The zero-order valence-corrected chi connectivity index (χ0v) is 10.2. The molecule has 1 heterocycles. The number of hydrogen-bond donors (Lipinski definition) is 1. The molecule has 1 aliphatic rings. The number of carboxylic acids is 1. The quantitative estimate of drug-likeness (QED) is 0.752. The van der Waals surface area contributed by atoms with Gasteiger partial charge in [-0.25, -0.2) is 8.42 Å². The van der Waals surface area contributed by atoms with Gasteiger partial charge in [-0.2, -0.15) is 0 Å². The van der Waals surface area contributed by atoms with Crippen LogP contribution in [0.2, 0.25) is 0 Å². The molecular weight excluding hydrogens is 240 g/mol. The van der Waals surface area contributed by atoms with Gasteiger partial charge in [0.1, 0.15) is 4.75 Å². The molecule has 7 heteroatoms. The van der Waals surface area contributed by atoms with Crippen LogP contribution < -0.4 is 0 Å². The average Bonchev–Trinajstić information content (AvgIpc) is 2.44. The van der Waals surface area contributed by atoms with Crippen LogP contribution in [0.1, 0.15) is 20.3 Å². The van der Waals surface area contributed by atoms with Crippen LogP contribution in [-0.4, -0.2) is 45.2 Å². The lowest BCUT2D eigenvalue weighted by Crippen LogP contribution is -2.41. The first-order valence-electron chi connectivity index (χ1n) is 4.51. The Morgan fingerprint density at radius 1 is 1.47 bits per heavy atom. The number of rotatable bonds is 3. The van der Waals surface area contributed by atoms with Crippen molar-refractivity contribution in [2.45, 2.75) is 30.3 Å². The molecule has 0 aromatic heterocycles. The van der Waals surface area contributed by atoms with Gasteiger partial charge in [0, 0.05) is 10.8 Å². The minimum absolute atomic E-state index is 0.0130. The van der Waals surface area contributed by atoms with Crippen LogP contribution in [-0.2, 0) is 25.4 Å². The van der Waals surface area contributed by atoms with Gasteiger partial charge < -0.3 is 5.11 Å². The second kappa shape index (κ2) is 3.86. The minimum atomic E-state index is -3.11. The van der Waals surface area contributed by atoms with Crippen molar-refractivity contribution in [3.63, 3.8) is 0 Å². The van der Waals surface area contributed by atoms with Crippen molar-refractivity contribution in [1.29, 1.82) is 0 Å². The van der Waals surface area contributed by atoms with Crippen LogP contribution in [0, 0.1) is 0 Å². The third-order valence-electron chi connectivity index (χ3n) is 2.51. The highest BCUT2D eigenvalue weighted by molar-refractivity contribution is 7.94. The Labute approximate surface area is 91.2 Å². The van der Waals surface area contributed by atoms with E-state index in [0.29, 0.717) is 6.42 Å². The first kappa shape index (κ1) is 12.6. The van der Waals surface area contributed by atoms with Crippen molar-refractivity contribution >= 4 is 26.6 Å². The van der Waals surface area contributed by atoms with Gasteiger partial charge in [0.15, 0.2) is 9.84 Å². The van der Waals surface area contributed by atoms with E-state index in [1.807, 2.05) is 0 Å². The number of carbonyl (C=O) groups is 1. The molecule has 1 N–H and O–H groups in total. The molecule has 0 spiro atoms. The van der Waals surface area contributed by atoms with Crippen LogP contribution in [0.4, 0.5) is 0 Å². The summed E-state index contributed by atoms with van der Waals surface area (Å²) in [6, 6.07) is 0. The summed E-state index contributed by atoms with van der Waals surface area (Å²) in [6.07, 6.45) is 0.297. The first-order chi connectivity index (χ1) is 6.67. The molecule has 1 fully saturated rings. The number of sulfone groups is 1. The molecule has 2 atom stereocenters. The molecule has 0 aliphatic carbocycles. The third kappa shape index (κ3) is 2.57. The maximum Gasteiger partial charge on any atom is 0.321 e. The molecule has 2 unspecified atom stereocenters. The SMILES string of the molecule is CC(C)(C(=O)O)S(=O)C1CCS(=O)(=O)C1. The van der Waals surface area contributed by atoms with Crippen LogP contribution in [0.25, 0.3) is 0 Å². The largest absolute Gasteiger partial charge is 0.480 e. The van der Waals surface area contributed by atoms with Crippen molar-refractivity contribution in [2.75, 3.05) is 11.5 Å². The predicted octanol–water partition coefficient (Wildman–Crippen LogP) is -0.215. The fraction of sp³-hybridized carbons (Fsp3) is 0.875. The van der Waals surface area contributed by atoms with Crippen molar-refractivity contribution in [1.82, 2.24) is 0 Å². The highest BCUT2D eigenvalue weighted by Gasteiger charge is 2.43. The van der Waals surface area contributed by atoms with Gasteiger partial charge in [0.25, 0.3) is 0 Å². The standard InChI is InChI=1S/C8H14O5S2/c1-8(2,7(9)10)14(11)6-3-4-15(12,13)5-6/h6H,3-5H2,1-2H3,(H,9,10). The van der Waals surface area contributed by atoms with E-state index in [2.05, 4.69) is 0 Å². The van der Waals surface area contributed by atoms with E-state index in [1.54, 1.807) is 0 Å². The topological polar surface area (TPSA) is 88.5 Å².